The van der Waals surface area contributed by atoms with Crippen molar-refractivity contribution in [3.8, 4) is 5.75 Å². The minimum absolute atomic E-state index is 0. The van der Waals surface area contributed by atoms with Gasteiger partial charge in [-0.05, 0) is 56.4 Å². The fourth-order valence-corrected chi connectivity index (χ4v) is 2.70. The van der Waals surface area contributed by atoms with Crippen molar-refractivity contribution >= 4 is 24.0 Å². The fourth-order valence-electron chi connectivity index (χ4n) is 2.70. The number of rotatable bonds is 6. The van der Waals surface area contributed by atoms with Crippen molar-refractivity contribution in [1.82, 2.24) is 0 Å². The van der Waals surface area contributed by atoms with Crippen molar-refractivity contribution in [3.05, 3.63) is 24.3 Å². The van der Waals surface area contributed by atoms with Gasteiger partial charge >= 0.3 is 0 Å². The minimum Gasteiger partial charge on any atom is -0.491 e. The second-order valence-electron chi connectivity index (χ2n) is 5.97. The largest absolute Gasteiger partial charge is 0.491 e. The number of benzene rings is 1. The third-order valence-electron chi connectivity index (χ3n) is 4.22. The normalized spacial score (nSPS) is 21.8. The molecule has 1 aliphatic rings. The van der Waals surface area contributed by atoms with Gasteiger partial charge in [-0.25, -0.2) is 0 Å². The summed E-state index contributed by atoms with van der Waals surface area (Å²) in [6.07, 6.45) is 4.94. The molecule has 1 unspecified atom stereocenters. The highest BCUT2D eigenvalue weighted by molar-refractivity contribution is 5.90. The first-order chi connectivity index (χ1) is 10.1. The monoisotopic (exact) mass is 326 g/mol. The number of nitrogens with two attached hydrogens (primary N) is 1. The maximum Gasteiger partial charge on any atom is 0.224 e. The Hall–Kier alpha value is -1.26. The summed E-state index contributed by atoms with van der Waals surface area (Å²) in [7, 11) is 0. The smallest absolute Gasteiger partial charge is 0.224 e. The van der Waals surface area contributed by atoms with E-state index in [-0.39, 0.29) is 30.5 Å². The van der Waals surface area contributed by atoms with Gasteiger partial charge in [0, 0.05) is 18.2 Å². The van der Waals surface area contributed by atoms with Crippen LogP contribution < -0.4 is 15.8 Å². The molecule has 1 aliphatic carbocycles. The number of amides is 1. The molecule has 3 atom stereocenters. The fraction of sp³-hybridized carbons (Fsp3) is 0.588. The molecule has 0 aliphatic heterocycles. The van der Waals surface area contributed by atoms with Gasteiger partial charge in [0.1, 0.15) is 5.75 Å². The number of hydrogen-bond donors (Lipinski definition) is 2. The molecule has 0 heterocycles. The summed E-state index contributed by atoms with van der Waals surface area (Å²) >= 11 is 0. The molecule has 1 aromatic carbocycles. The predicted molar refractivity (Wildman–Crippen MR) is 92.6 cm³/mol. The van der Waals surface area contributed by atoms with E-state index in [4.69, 9.17) is 10.5 Å². The van der Waals surface area contributed by atoms with E-state index in [1.807, 2.05) is 31.2 Å². The highest BCUT2D eigenvalue weighted by atomic mass is 35.5. The first-order valence-electron chi connectivity index (χ1n) is 7.90. The number of nitrogens with one attached hydrogen (secondary N) is 1. The van der Waals surface area contributed by atoms with Crippen LogP contribution in [0, 0.1) is 5.92 Å². The van der Waals surface area contributed by atoms with Gasteiger partial charge in [0.15, 0.2) is 0 Å². The van der Waals surface area contributed by atoms with Crippen LogP contribution in [0.4, 0.5) is 5.69 Å². The van der Waals surface area contributed by atoms with Crippen LogP contribution in [0.5, 0.6) is 5.75 Å². The van der Waals surface area contributed by atoms with Crippen LogP contribution in [0.3, 0.4) is 0 Å². The molecule has 124 valence electrons. The predicted octanol–water partition coefficient (Wildman–Crippen LogP) is 3.74. The Morgan fingerprint density at radius 1 is 1.36 bits per heavy atom. The van der Waals surface area contributed by atoms with Gasteiger partial charge in [-0.2, -0.15) is 0 Å². The van der Waals surface area contributed by atoms with E-state index in [0.29, 0.717) is 12.3 Å². The third kappa shape index (κ3) is 5.50. The molecule has 0 saturated heterocycles. The Morgan fingerprint density at radius 2 is 2.05 bits per heavy atom. The van der Waals surface area contributed by atoms with Crippen molar-refractivity contribution in [1.29, 1.82) is 0 Å². The number of anilines is 1. The minimum atomic E-state index is 0. The molecule has 3 N–H and O–H groups in total. The van der Waals surface area contributed by atoms with E-state index in [1.165, 1.54) is 0 Å². The van der Waals surface area contributed by atoms with E-state index in [9.17, 15) is 4.79 Å². The van der Waals surface area contributed by atoms with Crippen LogP contribution in [0.25, 0.3) is 0 Å². The van der Waals surface area contributed by atoms with Crippen LogP contribution >= 0.6 is 12.4 Å². The van der Waals surface area contributed by atoms with E-state index < -0.39 is 0 Å². The molecule has 0 bridgehead atoms. The van der Waals surface area contributed by atoms with Crippen LogP contribution in [0.1, 0.15) is 46.0 Å². The molecule has 0 aromatic heterocycles. The Labute approximate surface area is 139 Å². The van der Waals surface area contributed by atoms with Crippen molar-refractivity contribution in [2.45, 2.75) is 58.1 Å². The molecule has 1 amide bonds. The Morgan fingerprint density at radius 3 is 2.59 bits per heavy atom. The molecular weight excluding hydrogens is 300 g/mol. The van der Waals surface area contributed by atoms with Crippen molar-refractivity contribution in [3.63, 3.8) is 0 Å². The second kappa shape index (κ2) is 9.01. The maximum atomic E-state index is 12.0. The quantitative estimate of drug-likeness (QED) is 0.837. The number of carbonyl (C=O) groups is 1. The zero-order valence-electron chi connectivity index (χ0n) is 13.4. The molecule has 1 aromatic rings. The summed E-state index contributed by atoms with van der Waals surface area (Å²) < 4.78 is 5.72. The Balaban J connectivity index is 0.00000242. The van der Waals surface area contributed by atoms with Crippen molar-refractivity contribution < 1.29 is 9.53 Å². The zero-order valence-corrected chi connectivity index (χ0v) is 14.2. The Bertz CT molecular complexity index is 464. The third-order valence-corrected chi connectivity index (χ3v) is 4.22. The van der Waals surface area contributed by atoms with Gasteiger partial charge in [0.25, 0.3) is 0 Å². The van der Waals surface area contributed by atoms with Gasteiger partial charge in [-0.15, -0.1) is 12.4 Å². The topological polar surface area (TPSA) is 64.3 Å². The van der Waals surface area contributed by atoms with E-state index in [1.54, 1.807) is 0 Å². The van der Waals surface area contributed by atoms with Gasteiger partial charge in [-0.1, -0.05) is 13.3 Å². The summed E-state index contributed by atoms with van der Waals surface area (Å²) in [5.41, 5.74) is 6.81. The number of carbonyl (C=O) groups excluding carboxylic acids is 1. The molecule has 5 heteroatoms. The summed E-state index contributed by atoms with van der Waals surface area (Å²) in [6.45, 7) is 4.13. The zero-order chi connectivity index (χ0) is 15.2. The number of ether oxygens (including phenoxy) is 1. The molecule has 4 nitrogen and oxygen atoms in total. The lowest BCUT2D eigenvalue weighted by Crippen LogP contribution is -2.28. The van der Waals surface area contributed by atoms with Gasteiger partial charge < -0.3 is 15.8 Å². The SMILES string of the molecule is CCC(C)Oc1ccc(NC(=O)C[C@@H]2CCC[C@H]2N)cc1.Cl. The molecular formula is C17H27ClN2O2. The van der Waals surface area contributed by atoms with Gasteiger partial charge in [0.05, 0.1) is 6.10 Å². The average molecular weight is 327 g/mol. The molecule has 0 radical (unpaired) electrons. The average Bonchev–Trinajstić information content (AvgIpc) is 2.86. The lowest BCUT2D eigenvalue weighted by molar-refractivity contribution is -0.117. The summed E-state index contributed by atoms with van der Waals surface area (Å²) in [4.78, 5) is 12.0. The summed E-state index contributed by atoms with van der Waals surface area (Å²) in [6, 6.07) is 7.72. The highest BCUT2D eigenvalue weighted by Gasteiger charge is 2.25. The number of halogens is 1. The lowest BCUT2D eigenvalue weighted by Gasteiger charge is -2.15. The molecule has 22 heavy (non-hydrogen) atoms. The van der Waals surface area contributed by atoms with Crippen LogP contribution in [-0.4, -0.2) is 18.1 Å². The summed E-state index contributed by atoms with van der Waals surface area (Å²) in [5, 5.41) is 2.93. The van der Waals surface area contributed by atoms with Crippen molar-refractivity contribution in [2.24, 2.45) is 11.7 Å². The lowest BCUT2D eigenvalue weighted by atomic mass is 10.00. The van der Waals surface area contributed by atoms with Crippen molar-refractivity contribution in [2.75, 3.05) is 5.32 Å². The van der Waals surface area contributed by atoms with Gasteiger partial charge in [0.2, 0.25) is 5.91 Å². The Kier molecular flexibility index (Phi) is 7.69. The van der Waals surface area contributed by atoms with Crippen LogP contribution in [0.15, 0.2) is 24.3 Å². The van der Waals surface area contributed by atoms with Crippen LogP contribution in [0.2, 0.25) is 0 Å². The molecule has 0 spiro atoms. The second-order valence-corrected chi connectivity index (χ2v) is 5.97. The van der Waals surface area contributed by atoms with E-state index in [0.717, 1.165) is 37.1 Å². The van der Waals surface area contributed by atoms with Gasteiger partial charge in [-0.3, -0.25) is 4.79 Å². The van der Waals surface area contributed by atoms with E-state index in [2.05, 4.69) is 12.2 Å². The number of hydrogen-bond acceptors (Lipinski definition) is 3. The maximum absolute atomic E-state index is 12.0. The highest BCUT2D eigenvalue weighted by Crippen LogP contribution is 2.27. The first kappa shape index (κ1) is 18.8. The standard InChI is InChI=1S/C17H26N2O2.ClH/c1-3-12(2)21-15-9-7-14(8-10-15)19-17(20)11-13-5-4-6-16(13)18;/h7-10,12-13,16H,3-6,11,18H2,1-2H3,(H,19,20);1H/t12?,13-,16+;/m0./s1. The van der Waals surface area contributed by atoms with Crippen LogP contribution in [-0.2, 0) is 4.79 Å². The molecule has 1 saturated carbocycles. The molecule has 2 rings (SSSR count). The summed E-state index contributed by atoms with van der Waals surface area (Å²) in [5.74, 6) is 1.21. The first-order valence-corrected chi connectivity index (χ1v) is 7.90. The van der Waals surface area contributed by atoms with E-state index >= 15 is 0 Å². The molecule has 1 fully saturated rings.